The maximum absolute atomic E-state index is 13.2. The van der Waals surface area contributed by atoms with Gasteiger partial charge in [-0.25, -0.2) is 10.9 Å². The molecule has 0 aliphatic carbocycles. The monoisotopic (exact) mass is 485 g/mol. The number of phenols is 1. The van der Waals surface area contributed by atoms with Crippen molar-refractivity contribution in [3.8, 4) is 17.2 Å². The van der Waals surface area contributed by atoms with Gasteiger partial charge < -0.3 is 19.9 Å². The standard InChI is InChI=1S/C25H22F3N3O4/c1-34-22-12-8-16(14-20(22)32)9-13-23(33)29-19-4-2-3-5-21(19)35-15-17-6-10-18(11-7-17)24(30-31-24)25(26,27)28/h2-14,30-32H,15H2,1H3,(H,29,33)/b13-9+. The Labute approximate surface area is 199 Å². The molecule has 3 aromatic rings. The van der Waals surface area contributed by atoms with Gasteiger partial charge in [-0.2, -0.15) is 13.2 Å². The highest BCUT2D eigenvalue weighted by molar-refractivity contribution is 6.02. The minimum atomic E-state index is -4.47. The summed E-state index contributed by atoms with van der Waals surface area (Å²) in [6.45, 7) is 0.0913. The first-order chi connectivity index (χ1) is 16.7. The summed E-state index contributed by atoms with van der Waals surface area (Å²) in [5.74, 6) is 0.272. The number of ether oxygens (including phenoxy) is 2. The van der Waals surface area contributed by atoms with Crippen LogP contribution in [0.2, 0.25) is 0 Å². The second-order valence-electron chi connectivity index (χ2n) is 7.73. The van der Waals surface area contributed by atoms with Crippen LogP contribution < -0.4 is 25.6 Å². The molecule has 1 heterocycles. The molecule has 182 valence electrons. The zero-order valence-corrected chi connectivity index (χ0v) is 18.5. The fourth-order valence-corrected chi connectivity index (χ4v) is 3.38. The first-order valence-electron chi connectivity index (χ1n) is 10.5. The Morgan fingerprint density at radius 3 is 2.40 bits per heavy atom. The molecule has 1 fully saturated rings. The van der Waals surface area contributed by atoms with E-state index < -0.39 is 17.7 Å². The number of carbonyl (C=O) groups is 1. The number of anilines is 1. The van der Waals surface area contributed by atoms with Crippen molar-refractivity contribution >= 4 is 17.7 Å². The highest BCUT2D eigenvalue weighted by Crippen LogP contribution is 2.42. The average Bonchev–Trinajstić information content (AvgIpc) is 3.65. The van der Waals surface area contributed by atoms with Crippen LogP contribution in [0.3, 0.4) is 0 Å². The molecule has 1 aliphatic rings. The highest BCUT2D eigenvalue weighted by atomic mass is 19.4. The van der Waals surface area contributed by atoms with Gasteiger partial charge in [0.1, 0.15) is 12.4 Å². The third-order valence-electron chi connectivity index (χ3n) is 5.36. The van der Waals surface area contributed by atoms with Crippen LogP contribution in [-0.4, -0.2) is 24.3 Å². The highest BCUT2D eigenvalue weighted by Gasteiger charge is 2.65. The fraction of sp³-hybridized carbons (Fsp3) is 0.160. The number of aromatic hydroxyl groups is 1. The largest absolute Gasteiger partial charge is 0.504 e. The van der Waals surface area contributed by atoms with Crippen LogP contribution in [0.5, 0.6) is 17.2 Å². The number of amides is 1. The van der Waals surface area contributed by atoms with Gasteiger partial charge in [-0.1, -0.05) is 42.5 Å². The molecule has 0 unspecified atom stereocenters. The SMILES string of the molecule is COc1ccc(/C=C/C(=O)Nc2ccccc2OCc2ccc(C3(C(F)(F)F)NN3)cc2)cc1O. The van der Waals surface area contributed by atoms with Gasteiger partial charge >= 0.3 is 6.18 Å². The Morgan fingerprint density at radius 1 is 1.06 bits per heavy atom. The van der Waals surface area contributed by atoms with Gasteiger partial charge in [0.25, 0.3) is 0 Å². The molecule has 4 rings (SSSR count). The summed E-state index contributed by atoms with van der Waals surface area (Å²) in [4.78, 5) is 12.4. The van der Waals surface area contributed by atoms with Gasteiger partial charge in [-0.3, -0.25) is 4.79 Å². The summed E-state index contributed by atoms with van der Waals surface area (Å²) < 4.78 is 50.4. The second kappa shape index (κ2) is 9.69. The van der Waals surface area contributed by atoms with E-state index in [1.165, 1.54) is 37.5 Å². The normalized spacial score (nSPS) is 14.5. The van der Waals surface area contributed by atoms with Crippen LogP contribution >= 0.6 is 0 Å². The number of hydrogen-bond acceptors (Lipinski definition) is 6. The van der Waals surface area contributed by atoms with E-state index in [0.29, 0.717) is 28.3 Å². The molecule has 10 heteroatoms. The van der Waals surface area contributed by atoms with Crippen molar-refractivity contribution in [1.82, 2.24) is 10.9 Å². The molecule has 1 amide bonds. The number of phenolic OH excluding ortho intramolecular Hbond substituents is 1. The van der Waals surface area contributed by atoms with E-state index in [0.717, 1.165) is 0 Å². The molecule has 0 saturated carbocycles. The molecule has 3 aromatic carbocycles. The van der Waals surface area contributed by atoms with E-state index in [-0.39, 0.29) is 17.9 Å². The zero-order valence-electron chi connectivity index (χ0n) is 18.5. The fourth-order valence-electron chi connectivity index (χ4n) is 3.38. The molecule has 7 nitrogen and oxygen atoms in total. The van der Waals surface area contributed by atoms with E-state index in [9.17, 15) is 23.1 Å². The number of para-hydroxylation sites is 2. The van der Waals surface area contributed by atoms with Crippen LogP contribution in [0.1, 0.15) is 16.7 Å². The second-order valence-corrected chi connectivity index (χ2v) is 7.73. The summed E-state index contributed by atoms with van der Waals surface area (Å²) in [7, 11) is 1.44. The number of hydrazine groups is 1. The predicted octanol–water partition coefficient (Wildman–Crippen LogP) is 4.45. The molecule has 0 bridgehead atoms. The summed E-state index contributed by atoms with van der Waals surface area (Å²) in [5, 5.41) is 12.6. The van der Waals surface area contributed by atoms with Gasteiger partial charge in [0.2, 0.25) is 11.6 Å². The number of hydrogen-bond donors (Lipinski definition) is 4. The summed E-state index contributed by atoms with van der Waals surface area (Å²) in [6.07, 6.45) is -1.62. The third kappa shape index (κ3) is 5.39. The van der Waals surface area contributed by atoms with E-state index in [2.05, 4.69) is 16.2 Å². The molecule has 1 aliphatic heterocycles. The minimum Gasteiger partial charge on any atom is -0.504 e. The van der Waals surface area contributed by atoms with Crippen LogP contribution in [0.25, 0.3) is 6.08 Å². The number of alkyl halides is 3. The quantitative estimate of drug-likeness (QED) is 0.277. The van der Waals surface area contributed by atoms with Crippen molar-refractivity contribution in [2.75, 3.05) is 12.4 Å². The average molecular weight is 485 g/mol. The van der Waals surface area contributed by atoms with Gasteiger partial charge in [-0.15, -0.1) is 0 Å². The van der Waals surface area contributed by atoms with Crippen molar-refractivity contribution in [2.24, 2.45) is 0 Å². The summed E-state index contributed by atoms with van der Waals surface area (Å²) in [5.41, 5.74) is 3.87. The van der Waals surface area contributed by atoms with Crippen molar-refractivity contribution in [3.63, 3.8) is 0 Å². The Kier molecular flexibility index (Phi) is 6.68. The number of methoxy groups -OCH3 is 1. The van der Waals surface area contributed by atoms with Crippen LogP contribution in [0.4, 0.5) is 18.9 Å². The van der Waals surface area contributed by atoms with Crippen LogP contribution in [0, 0.1) is 0 Å². The molecule has 1 saturated heterocycles. The van der Waals surface area contributed by atoms with E-state index >= 15 is 0 Å². The maximum Gasteiger partial charge on any atom is 0.426 e. The van der Waals surface area contributed by atoms with Crippen molar-refractivity contribution in [1.29, 1.82) is 0 Å². The van der Waals surface area contributed by atoms with E-state index in [1.807, 2.05) is 0 Å². The first kappa shape index (κ1) is 24.1. The number of rotatable bonds is 8. The maximum atomic E-state index is 13.2. The summed E-state index contributed by atoms with van der Waals surface area (Å²) in [6, 6.07) is 17.4. The molecule has 0 spiro atoms. The molecule has 0 atom stereocenters. The smallest absolute Gasteiger partial charge is 0.426 e. The van der Waals surface area contributed by atoms with Gasteiger partial charge in [0.05, 0.1) is 12.8 Å². The molecule has 0 aromatic heterocycles. The molecule has 35 heavy (non-hydrogen) atoms. The van der Waals surface area contributed by atoms with Crippen molar-refractivity contribution in [3.05, 3.63) is 89.5 Å². The number of halogens is 3. The minimum absolute atomic E-state index is 0.0416. The lowest BCUT2D eigenvalue weighted by Gasteiger charge is -2.16. The number of nitrogens with one attached hydrogen (secondary N) is 3. The molecular formula is C25H22F3N3O4. The van der Waals surface area contributed by atoms with Gasteiger partial charge in [0, 0.05) is 6.08 Å². The lowest BCUT2D eigenvalue weighted by Crippen LogP contribution is -2.34. The Hall–Kier alpha value is -4.02. The van der Waals surface area contributed by atoms with Crippen LogP contribution in [0.15, 0.2) is 72.8 Å². The topological polar surface area (TPSA) is 112 Å². The van der Waals surface area contributed by atoms with Crippen molar-refractivity contribution in [2.45, 2.75) is 18.4 Å². The van der Waals surface area contributed by atoms with E-state index in [1.54, 1.807) is 48.5 Å². The molecule has 0 radical (unpaired) electrons. The Morgan fingerprint density at radius 2 is 1.77 bits per heavy atom. The van der Waals surface area contributed by atoms with E-state index in [4.69, 9.17) is 9.47 Å². The lowest BCUT2D eigenvalue weighted by molar-refractivity contribution is -0.165. The predicted molar refractivity (Wildman–Crippen MR) is 124 cm³/mol. The number of benzene rings is 3. The zero-order chi connectivity index (χ0) is 25.1. The Bertz CT molecular complexity index is 1240. The molecule has 4 N–H and O–H groups in total. The lowest BCUT2D eigenvalue weighted by atomic mass is 10.0. The first-order valence-corrected chi connectivity index (χ1v) is 10.5. The van der Waals surface area contributed by atoms with Gasteiger partial charge in [0.15, 0.2) is 11.5 Å². The molecular weight excluding hydrogens is 463 g/mol. The van der Waals surface area contributed by atoms with Gasteiger partial charge in [-0.05, 0) is 47.0 Å². The Balaban J connectivity index is 1.38. The summed E-state index contributed by atoms with van der Waals surface area (Å²) >= 11 is 0. The van der Waals surface area contributed by atoms with Crippen LogP contribution in [-0.2, 0) is 17.1 Å². The number of carbonyl (C=O) groups excluding carboxylic acids is 1. The van der Waals surface area contributed by atoms with Crippen molar-refractivity contribution < 1.29 is 32.5 Å². The third-order valence-corrected chi connectivity index (χ3v) is 5.36.